The molecule has 0 heterocycles. The highest BCUT2D eigenvalue weighted by Crippen LogP contribution is 2.33. The molecule has 0 saturated carbocycles. The molecule has 17 heavy (non-hydrogen) atoms. The first-order valence-electron chi connectivity index (χ1n) is 5.51. The van der Waals surface area contributed by atoms with Gasteiger partial charge in [-0.1, -0.05) is 0 Å². The van der Waals surface area contributed by atoms with E-state index in [2.05, 4.69) is 37.2 Å². The van der Waals surface area contributed by atoms with Crippen LogP contribution in [-0.2, 0) is 11.3 Å². The lowest BCUT2D eigenvalue weighted by Crippen LogP contribution is -2.15. The number of ether oxygens (including phenoxy) is 1. The summed E-state index contributed by atoms with van der Waals surface area (Å²) in [6, 6.07) is 3.84. The second-order valence-electron chi connectivity index (χ2n) is 3.78. The van der Waals surface area contributed by atoms with Crippen LogP contribution in [0.4, 0.5) is 0 Å². The molecule has 0 saturated heterocycles. The van der Waals surface area contributed by atoms with Crippen molar-refractivity contribution in [3.05, 3.63) is 26.6 Å². The number of hydrogen-bond acceptors (Lipinski definition) is 3. The molecule has 5 heteroatoms. The summed E-state index contributed by atoms with van der Waals surface area (Å²) in [7, 11) is 1.72. The number of benzene rings is 1. The molecule has 1 rings (SSSR count). The van der Waals surface area contributed by atoms with Gasteiger partial charge in [0.25, 0.3) is 0 Å². The number of hydrogen-bond donors (Lipinski definition) is 2. The van der Waals surface area contributed by atoms with Gasteiger partial charge in [0.05, 0.1) is 8.95 Å². The molecule has 0 aliphatic heterocycles. The third kappa shape index (κ3) is 5.38. The Hall–Kier alpha value is -0.100. The van der Waals surface area contributed by atoms with E-state index >= 15 is 0 Å². The molecule has 2 N–H and O–H groups in total. The molecule has 3 nitrogen and oxygen atoms in total. The van der Waals surface area contributed by atoms with Gasteiger partial charge in [-0.25, -0.2) is 0 Å². The Morgan fingerprint density at radius 2 is 1.88 bits per heavy atom. The normalized spacial score (nSPS) is 10.8. The van der Waals surface area contributed by atoms with Crippen LogP contribution in [0.1, 0.15) is 18.4 Å². The van der Waals surface area contributed by atoms with Crippen LogP contribution in [0, 0.1) is 0 Å². The van der Waals surface area contributed by atoms with Gasteiger partial charge in [-0.3, -0.25) is 0 Å². The molecule has 0 aliphatic carbocycles. The zero-order valence-corrected chi connectivity index (χ0v) is 13.0. The van der Waals surface area contributed by atoms with Crippen molar-refractivity contribution in [3.63, 3.8) is 0 Å². The van der Waals surface area contributed by atoms with Crippen LogP contribution in [0.25, 0.3) is 0 Å². The van der Waals surface area contributed by atoms with Gasteiger partial charge in [0, 0.05) is 20.3 Å². The number of halogens is 2. The summed E-state index contributed by atoms with van der Waals surface area (Å²) in [6.07, 6.45) is 2.18. The van der Waals surface area contributed by atoms with Crippen molar-refractivity contribution in [2.45, 2.75) is 19.4 Å². The maximum absolute atomic E-state index is 9.57. The summed E-state index contributed by atoms with van der Waals surface area (Å²) in [5, 5.41) is 12.9. The molecular formula is C12H17Br2NO2. The largest absolute Gasteiger partial charge is 0.506 e. The first-order valence-corrected chi connectivity index (χ1v) is 7.10. The second-order valence-corrected chi connectivity index (χ2v) is 5.49. The highest BCUT2D eigenvalue weighted by atomic mass is 79.9. The molecule has 1 aromatic rings. The minimum atomic E-state index is 0.244. The standard InChI is InChI=1S/C12H17Br2NO2/c1-17-5-3-2-4-15-8-9-6-10(13)12(16)11(14)7-9/h6-7,15-16H,2-5,8H2,1H3. The molecule has 0 radical (unpaired) electrons. The quantitative estimate of drug-likeness (QED) is 0.726. The summed E-state index contributed by atoms with van der Waals surface area (Å²) >= 11 is 6.63. The minimum absolute atomic E-state index is 0.244. The average Bonchev–Trinajstić information content (AvgIpc) is 2.30. The number of phenols is 1. The number of phenolic OH excluding ortho intramolecular Hbond substituents is 1. The van der Waals surface area contributed by atoms with Crippen molar-refractivity contribution in [1.29, 1.82) is 0 Å². The summed E-state index contributed by atoms with van der Waals surface area (Å²) in [4.78, 5) is 0. The number of nitrogens with one attached hydrogen (secondary N) is 1. The van der Waals surface area contributed by atoms with Gasteiger partial charge >= 0.3 is 0 Å². The summed E-state index contributed by atoms with van der Waals surface area (Å²) < 4.78 is 6.41. The van der Waals surface area contributed by atoms with E-state index in [1.807, 2.05) is 12.1 Å². The lowest BCUT2D eigenvalue weighted by atomic mass is 10.2. The van der Waals surface area contributed by atoms with Crippen LogP contribution in [0.15, 0.2) is 21.1 Å². The van der Waals surface area contributed by atoms with Gasteiger partial charge in [-0.05, 0) is 68.9 Å². The van der Waals surface area contributed by atoms with E-state index in [1.54, 1.807) is 7.11 Å². The van der Waals surface area contributed by atoms with Gasteiger partial charge in [0.1, 0.15) is 5.75 Å². The van der Waals surface area contributed by atoms with E-state index in [4.69, 9.17) is 4.74 Å². The molecule has 0 spiro atoms. The fourth-order valence-corrected chi connectivity index (χ4v) is 2.73. The smallest absolute Gasteiger partial charge is 0.143 e. The van der Waals surface area contributed by atoms with Gasteiger partial charge in [-0.15, -0.1) is 0 Å². The first kappa shape index (κ1) is 15.0. The van der Waals surface area contributed by atoms with Gasteiger partial charge in [0.15, 0.2) is 0 Å². The van der Waals surface area contributed by atoms with Crippen molar-refractivity contribution in [2.75, 3.05) is 20.3 Å². The molecule has 1 aromatic carbocycles. The van der Waals surface area contributed by atoms with Crippen molar-refractivity contribution < 1.29 is 9.84 Å². The van der Waals surface area contributed by atoms with Gasteiger partial charge in [-0.2, -0.15) is 0 Å². The lowest BCUT2D eigenvalue weighted by Gasteiger charge is -2.07. The molecule has 0 aliphatic rings. The van der Waals surface area contributed by atoms with Crippen molar-refractivity contribution in [2.24, 2.45) is 0 Å². The zero-order valence-electron chi connectivity index (χ0n) is 9.80. The molecule has 0 fully saturated rings. The van der Waals surface area contributed by atoms with Crippen LogP contribution in [0.2, 0.25) is 0 Å². The van der Waals surface area contributed by atoms with Gasteiger partial charge < -0.3 is 15.2 Å². The third-order valence-corrected chi connectivity index (χ3v) is 3.57. The topological polar surface area (TPSA) is 41.5 Å². The maximum Gasteiger partial charge on any atom is 0.143 e. The minimum Gasteiger partial charge on any atom is -0.506 e. The molecular weight excluding hydrogens is 350 g/mol. The first-order chi connectivity index (χ1) is 8.15. The van der Waals surface area contributed by atoms with E-state index in [0.29, 0.717) is 8.95 Å². The second kappa shape index (κ2) is 8.08. The zero-order chi connectivity index (χ0) is 12.7. The van der Waals surface area contributed by atoms with E-state index in [1.165, 1.54) is 0 Å². The number of unbranched alkanes of at least 4 members (excludes halogenated alkanes) is 1. The predicted octanol–water partition coefficient (Wildman–Crippen LogP) is 3.43. The van der Waals surface area contributed by atoms with E-state index in [0.717, 1.165) is 38.1 Å². The Morgan fingerprint density at radius 3 is 2.47 bits per heavy atom. The summed E-state index contributed by atoms with van der Waals surface area (Å²) in [5.41, 5.74) is 1.13. The van der Waals surface area contributed by atoms with Crippen molar-refractivity contribution in [3.8, 4) is 5.75 Å². The van der Waals surface area contributed by atoms with Crippen LogP contribution in [-0.4, -0.2) is 25.4 Å². The molecule has 0 atom stereocenters. The van der Waals surface area contributed by atoms with E-state index in [9.17, 15) is 5.11 Å². The SMILES string of the molecule is COCCCCNCc1cc(Br)c(O)c(Br)c1. The van der Waals surface area contributed by atoms with Crippen LogP contribution in [0.3, 0.4) is 0 Å². The van der Waals surface area contributed by atoms with Crippen molar-refractivity contribution >= 4 is 31.9 Å². The molecule has 0 bridgehead atoms. The number of rotatable bonds is 7. The summed E-state index contributed by atoms with van der Waals surface area (Å²) in [6.45, 7) is 2.59. The Bertz CT molecular complexity index is 335. The highest BCUT2D eigenvalue weighted by Gasteiger charge is 2.05. The fourth-order valence-electron chi connectivity index (χ4n) is 1.45. The predicted molar refractivity (Wildman–Crippen MR) is 76.3 cm³/mol. The lowest BCUT2D eigenvalue weighted by molar-refractivity contribution is 0.192. The Balaban J connectivity index is 2.32. The van der Waals surface area contributed by atoms with Crippen LogP contribution in [0.5, 0.6) is 5.75 Å². The summed E-state index contributed by atoms with van der Waals surface area (Å²) in [5.74, 6) is 0.244. The fraction of sp³-hybridized carbons (Fsp3) is 0.500. The van der Waals surface area contributed by atoms with Crippen LogP contribution < -0.4 is 5.32 Å². The Labute approximate surface area is 119 Å². The number of aromatic hydroxyl groups is 1. The van der Waals surface area contributed by atoms with E-state index in [-0.39, 0.29) is 5.75 Å². The monoisotopic (exact) mass is 365 g/mol. The van der Waals surface area contributed by atoms with Gasteiger partial charge in [0.2, 0.25) is 0 Å². The highest BCUT2D eigenvalue weighted by molar-refractivity contribution is 9.11. The van der Waals surface area contributed by atoms with Crippen molar-refractivity contribution in [1.82, 2.24) is 5.32 Å². The third-order valence-electron chi connectivity index (χ3n) is 2.36. The number of methoxy groups -OCH3 is 1. The maximum atomic E-state index is 9.57. The molecule has 0 aromatic heterocycles. The Morgan fingerprint density at radius 1 is 1.24 bits per heavy atom. The van der Waals surface area contributed by atoms with Crippen LogP contribution >= 0.6 is 31.9 Å². The molecule has 0 unspecified atom stereocenters. The molecule has 0 amide bonds. The average molecular weight is 367 g/mol. The molecule has 96 valence electrons. The van der Waals surface area contributed by atoms with E-state index < -0.39 is 0 Å². The Kier molecular flexibility index (Phi) is 7.11.